The van der Waals surface area contributed by atoms with Gasteiger partial charge < -0.3 is 10.1 Å². The van der Waals surface area contributed by atoms with Crippen molar-refractivity contribution in [1.82, 2.24) is 19.9 Å². The molecular formula is C15H14N4O2. The number of rotatable bonds is 2. The quantitative estimate of drug-likeness (QED) is 0.753. The summed E-state index contributed by atoms with van der Waals surface area (Å²) >= 11 is 0. The third-order valence-corrected chi connectivity index (χ3v) is 2.60. The number of nitrogens with one attached hydrogen (secondary N) is 1. The minimum atomic E-state index is -1.02. The Kier molecular flexibility index (Phi) is 4.76. The number of hydrogen-bond donors (Lipinski definition) is 2. The number of aryl methyl sites for hydroxylation is 1. The highest BCUT2D eigenvalue weighted by Gasteiger charge is 2.10. The first-order chi connectivity index (χ1) is 10.2. The van der Waals surface area contributed by atoms with Crippen LogP contribution in [0.1, 0.15) is 16.1 Å². The van der Waals surface area contributed by atoms with Crippen LogP contribution >= 0.6 is 0 Å². The number of nitrogens with zero attached hydrogens (tertiary/aromatic N) is 3. The molecule has 0 bridgehead atoms. The molecule has 3 rings (SSSR count). The summed E-state index contributed by atoms with van der Waals surface area (Å²) < 4.78 is 0. The van der Waals surface area contributed by atoms with E-state index in [4.69, 9.17) is 5.11 Å². The third-order valence-electron chi connectivity index (χ3n) is 2.60. The van der Waals surface area contributed by atoms with Crippen molar-refractivity contribution in [3.8, 4) is 11.5 Å². The Labute approximate surface area is 121 Å². The maximum absolute atomic E-state index is 10.8. The predicted molar refractivity (Wildman–Crippen MR) is 77.8 cm³/mol. The molecule has 0 aromatic carbocycles. The lowest BCUT2D eigenvalue weighted by Crippen LogP contribution is -2.04. The fraction of sp³-hybridized carbons (Fsp3) is 0.0667. The van der Waals surface area contributed by atoms with Crippen molar-refractivity contribution in [3.63, 3.8) is 0 Å². The van der Waals surface area contributed by atoms with Crippen molar-refractivity contribution in [2.24, 2.45) is 0 Å². The molecule has 106 valence electrons. The van der Waals surface area contributed by atoms with Gasteiger partial charge in [0.25, 0.3) is 0 Å². The number of aromatic amines is 1. The molecule has 0 aliphatic rings. The summed E-state index contributed by atoms with van der Waals surface area (Å²) in [6.45, 7) is 1.64. The van der Waals surface area contributed by atoms with E-state index < -0.39 is 5.97 Å². The molecule has 6 nitrogen and oxygen atoms in total. The molecule has 0 aliphatic heterocycles. The molecule has 0 saturated carbocycles. The van der Waals surface area contributed by atoms with E-state index in [0.29, 0.717) is 17.2 Å². The van der Waals surface area contributed by atoms with Crippen LogP contribution < -0.4 is 0 Å². The van der Waals surface area contributed by atoms with Crippen LogP contribution in [-0.4, -0.2) is 31.0 Å². The van der Waals surface area contributed by atoms with Gasteiger partial charge >= 0.3 is 5.97 Å². The molecule has 0 radical (unpaired) electrons. The third kappa shape index (κ3) is 3.97. The van der Waals surface area contributed by atoms with Crippen molar-refractivity contribution < 1.29 is 9.90 Å². The average molecular weight is 282 g/mol. The van der Waals surface area contributed by atoms with Gasteiger partial charge in [-0.25, -0.2) is 14.8 Å². The first-order valence-corrected chi connectivity index (χ1v) is 6.24. The molecule has 0 saturated heterocycles. The Balaban J connectivity index is 0.000000272. The van der Waals surface area contributed by atoms with E-state index in [2.05, 4.69) is 19.9 Å². The van der Waals surface area contributed by atoms with E-state index in [1.807, 2.05) is 30.6 Å². The Bertz CT molecular complexity index is 680. The minimum Gasteiger partial charge on any atom is -0.478 e. The molecule has 3 aromatic rings. The number of aromatic carboxylic acids is 1. The summed E-state index contributed by atoms with van der Waals surface area (Å²) in [7, 11) is 0. The molecule has 3 aromatic heterocycles. The van der Waals surface area contributed by atoms with Crippen molar-refractivity contribution in [3.05, 3.63) is 66.4 Å². The lowest BCUT2D eigenvalue weighted by Gasteiger charge is -2.02. The van der Waals surface area contributed by atoms with Gasteiger partial charge in [0.15, 0.2) is 5.82 Å². The highest BCUT2D eigenvalue weighted by Crippen LogP contribution is 2.12. The molecular weight excluding hydrogens is 268 g/mol. The van der Waals surface area contributed by atoms with E-state index in [-0.39, 0.29) is 5.56 Å². The van der Waals surface area contributed by atoms with Gasteiger partial charge in [0.1, 0.15) is 5.69 Å². The van der Waals surface area contributed by atoms with E-state index >= 15 is 0 Å². The van der Waals surface area contributed by atoms with Gasteiger partial charge in [-0.3, -0.25) is 4.98 Å². The second-order valence-corrected chi connectivity index (χ2v) is 4.10. The molecule has 0 atom stereocenters. The molecule has 6 heteroatoms. The van der Waals surface area contributed by atoms with Crippen LogP contribution in [0, 0.1) is 6.92 Å². The largest absolute Gasteiger partial charge is 0.478 e. The fourth-order valence-corrected chi connectivity index (χ4v) is 1.57. The number of pyridine rings is 1. The summed E-state index contributed by atoms with van der Waals surface area (Å²) in [4.78, 5) is 25.8. The van der Waals surface area contributed by atoms with Gasteiger partial charge in [-0.1, -0.05) is 6.07 Å². The smallest absolute Gasteiger partial charge is 0.339 e. The van der Waals surface area contributed by atoms with Crippen LogP contribution in [0.25, 0.3) is 11.5 Å². The monoisotopic (exact) mass is 282 g/mol. The number of carboxylic acids is 1. The summed E-state index contributed by atoms with van der Waals surface area (Å²) in [5, 5.41) is 8.83. The van der Waals surface area contributed by atoms with Gasteiger partial charge in [-0.2, -0.15) is 0 Å². The molecule has 0 spiro atoms. The molecule has 2 N–H and O–H groups in total. The molecule has 0 fully saturated rings. The maximum Gasteiger partial charge on any atom is 0.339 e. The second-order valence-electron chi connectivity index (χ2n) is 4.10. The Hall–Kier alpha value is -3.02. The van der Waals surface area contributed by atoms with E-state index in [9.17, 15) is 4.79 Å². The van der Waals surface area contributed by atoms with Crippen molar-refractivity contribution in [1.29, 1.82) is 0 Å². The minimum absolute atomic E-state index is 0.111. The molecule has 21 heavy (non-hydrogen) atoms. The van der Waals surface area contributed by atoms with E-state index in [0.717, 1.165) is 0 Å². The fourth-order valence-electron chi connectivity index (χ4n) is 1.57. The highest BCUT2D eigenvalue weighted by molar-refractivity contribution is 5.88. The zero-order chi connectivity index (χ0) is 15.1. The van der Waals surface area contributed by atoms with Crippen LogP contribution in [0.5, 0.6) is 0 Å². The number of carboxylic acid groups (broad SMARTS) is 1. The zero-order valence-corrected chi connectivity index (χ0v) is 11.4. The lowest BCUT2D eigenvalue weighted by molar-refractivity contribution is 0.0695. The van der Waals surface area contributed by atoms with Crippen LogP contribution in [-0.2, 0) is 0 Å². The van der Waals surface area contributed by atoms with Crippen LogP contribution in [0.2, 0.25) is 0 Å². The van der Waals surface area contributed by atoms with Gasteiger partial charge in [0, 0.05) is 24.8 Å². The standard InChI is InChI=1S/C11H9N3O2.C4H5N/c1-7-8(11(15)16)6-13-10(14-7)9-4-2-3-5-12-9;1-2-4-5-3-1/h2-6H,1H3,(H,15,16);1-5H. The van der Waals surface area contributed by atoms with Crippen molar-refractivity contribution >= 4 is 5.97 Å². The topological polar surface area (TPSA) is 91.8 Å². The molecule has 0 amide bonds. The Morgan fingerprint density at radius 3 is 2.38 bits per heavy atom. The predicted octanol–water partition coefficient (Wildman–Crippen LogP) is 2.56. The first kappa shape index (κ1) is 14.4. The van der Waals surface area contributed by atoms with Gasteiger partial charge in [-0.15, -0.1) is 0 Å². The summed E-state index contributed by atoms with van der Waals surface area (Å²) in [5.74, 6) is -0.590. The van der Waals surface area contributed by atoms with Gasteiger partial charge in [0.05, 0.1) is 11.3 Å². The second kappa shape index (κ2) is 6.95. The molecule has 0 aliphatic carbocycles. The lowest BCUT2D eigenvalue weighted by atomic mass is 10.2. The van der Waals surface area contributed by atoms with Gasteiger partial charge in [-0.05, 0) is 31.2 Å². The van der Waals surface area contributed by atoms with E-state index in [1.54, 1.807) is 25.3 Å². The summed E-state index contributed by atoms with van der Waals surface area (Å²) in [5.41, 5.74) is 1.17. The Morgan fingerprint density at radius 1 is 1.14 bits per heavy atom. The highest BCUT2D eigenvalue weighted by atomic mass is 16.4. The average Bonchev–Trinajstić information content (AvgIpc) is 3.07. The maximum atomic E-state index is 10.8. The number of H-pyrrole nitrogens is 1. The normalized spacial score (nSPS) is 9.57. The summed E-state index contributed by atoms with van der Waals surface area (Å²) in [6.07, 6.45) is 6.69. The number of hydrogen-bond acceptors (Lipinski definition) is 4. The first-order valence-electron chi connectivity index (χ1n) is 6.24. The number of carbonyl (C=O) groups is 1. The van der Waals surface area contributed by atoms with Crippen LogP contribution in [0.3, 0.4) is 0 Å². The SMILES string of the molecule is Cc1nc(-c2ccccn2)ncc1C(=O)O.c1cc[nH]c1. The number of aromatic nitrogens is 4. The van der Waals surface area contributed by atoms with E-state index in [1.165, 1.54) is 6.20 Å². The molecule has 3 heterocycles. The van der Waals surface area contributed by atoms with Crippen LogP contribution in [0.15, 0.2) is 55.1 Å². The summed E-state index contributed by atoms with van der Waals surface area (Å²) in [6, 6.07) is 9.28. The molecule has 0 unspecified atom stereocenters. The zero-order valence-electron chi connectivity index (χ0n) is 11.4. The van der Waals surface area contributed by atoms with Crippen molar-refractivity contribution in [2.45, 2.75) is 6.92 Å². The van der Waals surface area contributed by atoms with Gasteiger partial charge in [0.2, 0.25) is 0 Å². The van der Waals surface area contributed by atoms with Crippen LogP contribution in [0.4, 0.5) is 0 Å². The Morgan fingerprint density at radius 2 is 1.90 bits per heavy atom. The van der Waals surface area contributed by atoms with Crippen molar-refractivity contribution in [2.75, 3.05) is 0 Å².